The van der Waals surface area contributed by atoms with Crippen molar-refractivity contribution in [1.29, 1.82) is 0 Å². The number of carbonyl (C=O) groups excluding carboxylic acids is 2. The highest BCUT2D eigenvalue weighted by molar-refractivity contribution is 7.18. The first kappa shape index (κ1) is 43.6. The fourth-order valence-electron chi connectivity index (χ4n) is 7.20. The number of nitrogens with one attached hydrogen (secondary N) is 4. The Labute approximate surface area is 361 Å². The van der Waals surface area contributed by atoms with Gasteiger partial charge in [0, 0.05) is 84.1 Å². The lowest BCUT2D eigenvalue weighted by atomic mass is 9.93. The van der Waals surface area contributed by atoms with Crippen LogP contribution in [0.4, 0.5) is 41.9 Å². The van der Waals surface area contributed by atoms with E-state index in [1.54, 1.807) is 31.2 Å². The number of nitrogens with zero attached hydrogens (tertiary/aromatic N) is 5. The van der Waals surface area contributed by atoms with Gasteiger partial charge in [0.15, 0.2) is 5.01 Å². The Balaban J connectivity index is 0.830. The van der Waals surface area contributed by atoms with Crippen molar-refractivity contribution >= 4 is 34.3 Å². The van der Waals surface area contributed by atoms with Crippen molar-refractivity contribution in [1.82, 2.24) is 36.0 Å². The van der Waals surface area contributed by atoms with Gasteiger partial charge in [-0.3, -0.25) is 14.6 Å². The molecular weight excluding hydrogens is 880 g/mol. The second kappa shape index (κ2) is 18.0. The Morgan fingerprint density at radius 2 is 1.38 bits per heavy atom. The summed E-state index contributed by atoms with van der Waals surface area (Å²) in [5.74, 6) is -6.16. The molecule has 5 atom stereocenters. The van der Waals surface area contributed by atoms with E-state index in [1.165, 1.54) is 13.2 Å². The molecule has 0 aliphatic carbocycles. The molecule has 0 bridgehead atoms. The quantitative estimate of drug-likeness (QED) is 0.0784. The summed E-state index contributed by atoms with van der Waals surface area (Å²) in [5.41, 5.74) is -0.980. The van der Waals surface area contributed by atoms with E-state index in [-0.39, 0.29) is 69.9 Å². The Morgan fingerprint density at radius 3 is 1.95 bits per heavy atom. The smallest absolute Gasteiger partial charge is 0.433 e. The van der Waals surface area contributed by atoms with Crippen molar-refractivity contribution < 1.29 is 58.9 Å². The summed E-state index contributed by atoms with van der Waals surface area (Å²) < 4.78 is 122. The zero-order valence-corrected chi connectivity index (χ0v) is 34.1. The number of alkyl halides is 3. The van der Waals surface area contributed by atoms with Crippen LogP contribution in [0.15, 0.2) is 71.3 Å². The highest BCUT2D eigenvalue weighted by Crippen LogP contribution is 2.37. The lowest BCUT2D eigenvalue weighted by molar-refractivity contribution is -0.141. The number of ether oxygens (including phenoxy) is 3. The number of methoxy groups -OCH3 is 1. The Hall–Kier alpha value is -7.04. The standard InChI is InChI=1S/C41H34F7N9O6S/c1-18(62-21-6-3-19(4-7-21)37-54-56-39(63-37)52-33-24(16-50-35(33)58)31-26(42)11-22(60-2)12-27(31)43)9-10-61-23-13-28(44)32(29(45)14-23)25-17-51-36(59)34(25)53-40-57-55-38(64-40)20-5-8-30(49-15-20)41(46,47)48/h3-8,11-15,18,24-25,33-34H,9-10,16-17H2,1-2H3,(H,50,58)(H,51,59)(H,52,56)(H,53,57)/t18?,24-,25-,33-,34-/m0/s1. The van der Waals surface area contributed by atoms with Crippen LogP contribution in [-0.4, -0.2) is 82.2 Å². The summed E-state index contributed by atoms with van der Waals surface area (Å²) in [7, 11) is 1.28. The molecule has 3 aromatic carbocycles. The van der Waals surface area contributed by atoms with Gasteiger partial charge in [-0.15, -0.1) is 15.3 Å². The Bertz CT molecular complexity index is 2620. The topological polar surface area (TPSA) is 188 Å². The number of rotatable bonds is 15. The average Bonchev–Trinajstić information content (AvgIpc) is 4.07. The summed E-state index contributed by atoms with van der Waals surface area (Å²) >= 11 is 0.921. The van der Waals surface area contributed by atoms with Crippen molar-refractivity contribution in [2.24, 2.45) is 0 Å². The van der Waals surface area contributed by atoms with Crippen molar-refractivity contribution in [3.8, 4) is 39.3 Å². The molecule has 23 heteroatoms. The molecule has 15 nitrogen and oxygen atoms in total. The lowest BCUT2D eigenvalue weighted by Gasteiger charge is -2.20. The fourth-order valence-corrected chi connectivity index (χ4v) is 7.98. The van der Waals surface area contributed by atoms with Gasteiger partial charge in [0.2, 0.25) is 22.8 Å². The van der Waals surface area contributed by atoms with E-state index in [0.29, 0.717) is 17.7 Å². The first-order valence-electron chi connectivity index (χ1n) is 19.4. The van der Waals surface area contributed by atoms with Gasteiger partial charge in [0.05, 0.1) is 19.8 Å². The molecule has 2 amide bonds. The predicted molar refractivity (Wildman–Crippen MR) is 214 cm³/mol. The molecule has 8 rings (SSSR count). The molecule has 5 heterocycles. The van der Waals surface area contributed by atoms with Gasteiger partial charge in [-0.05, 0) is 43.3 Å². The summed E-state index contributed by atoms with van der Waals surface area (Å²) in [6.45, 7) is 1.66. The maximum Gasteiger partial charge on any atom is 0.433 e. The molecule has 2 aliphatic rings. The highest BCUT2D eigenvalue weighted by Gasteiger charge is 2.41. The largest absolute Gasteiger partial charge is 0.497 e. The fraction of sp³-hybridized carbons (Fsp3) is 0.293. The van der Waals surface area contributed by atoms with Crippen molar-refractivity contribution in [3.63, 3.8) is 0 Å². The minimum atomic E-state index is -4.62. The van der Waals surface area contributed by atoms with Crippen LogP contribution in [0.5, 0.6) is 17.2 Å². The van der Waals surface area contributed by atoms with Gasteiger partial charge < -0.3 is 39.9 Å². The number of pyridine rings is 1. The van der Waals surface area contributed by atoms with E-state index in [9.17, 15) is 31.5 Å². The van der Waals surface area contributed by atoms with Crippen molar-refractivity contribution in [3.05, 3.63) is 107 Å². The molecule has 1 unspecified atom stereocenters. The number of halogens is 7. The number of hydrogen-bond acceptors (Lipinski definition) is 14. The van der Waals surface area contributed by atoms with Gasteiger partial charge in [0.25, 0.3) is 0 Å². The molecule has 2 fully saturated rings. The second-order valence-corrected chi connectivity index (χ2v) is 15.6. The first-order chi connectivity index (χ1) is 30.6. The van der Waals surface area contributed by atoms with Crippen LogP contribution in [0.25, 0.3) is 22.0 Å². The second-order valence-electron chi connectivity index (χ2n) is 14.6. The monoisotopic (exact) mass is 913 g/mol. The third-order valence-corrected chi connectivity index (χ3v) is 11.3. The van der Waals surface area contributed by atoms with Crippen LogP contribution in [0.1, 0.15) is 42.0 Å². The van der Waals surface area contributed by atoms with Gasteiger partial charge >= 0.3 is 12.2 Å². The molecule has 0 radical (unpaired) electrons. The molecule has 6 aromatic rings. The minimum Gasteiger partial charge on any atom is -0.497 e. The number of anilines is 2. The molecule has 3 aromatic heterocycles. The molecule has 2 aliphatic heterocycles. The van der Waals surface area contributed by atoms with Crippen LogP contribution in [0.3, 0.4) is 0 Å². The number of aromatic nitrogens is 5. The molecular formula is C41H34F7N9O6S. The molecule has 64 heavy (non-hydrogen) atoms. The zero-order chi connectivity index (χ0) is 45.3. The van der Waals surface area contributed by atoms with Gasteiger partial charge in [-0.1, -0.05) is 16.4 Å². The Kier molecular flexibility index (Phi) is 12.2. The van der Waals surface area contributed by atoms with E-state index in [1.807, 2.05) is 0 Å². The number of amides is 2. The van der Waals surface area contributed by atoms with Gasteiger partial charge in [-0.2, -0.15) is 13.2 Å². The summed E-state index contributed by atoms with van der Waals surface area (Å²) in [6.07, 6.45) is -3.73. The third-order valence-electron chi connectivity index (χ3n) is 10.4. The van der Waals surface area contributed by atoms with Crippen molar-refractivity contribution in [2.75, 3.05) is 37.4 Å². The highest BCUT2D eigenvalue weighted by atomic mass is 32.1. The van der Waals surface area contributed by atoms with Crippen LogP contribution < -0.4 is 35.5 Å². The van der Waals surface area contributed by atoms with Gasteiger partial charge in [0.1, 0.15) is 58.3 Å². The molecule has 2 saturated heterocycles. The first-order valence-corrected chi connectivity index (χ1v) is 20.2. The van der Waals surface area contributed by atoms with Crippen LogP contribution in [0, 0.1) is 23.3 Å². The normalized spacial score (nSPS) is 19.0. The van der Waals surface area contributed by atoms with Crippen LogP contribution in [-0.2, 0) is 15.8 Å². The van der Waals surface area contributed by atoms with Gasteiger partial charge in [-0.25, -0.2) is 17.6 Å². The maximum absolute atomic E-state index is 15.5. The molecule has 334 valence electrons. The number of benzene rings is 3. The van der Waals surface area contributed by atoms with E-state index in [2.05, 4.69) is 46.6 Å². The average molecular weight is 914 g/mol. The summed E-state index contributed by atoms with van der Waals surface area (Å²) in [4.78, 5) is 28.8. The number of hydrogen-bond donors (Lipinski definition) is 4. The molecule has 4 N–H and O–H groups in total. The predicted octanol–water partition coefficient (Wildman–Crippen LogP) is 6.86. The van der Waals surface area contributed by atoms with Crippen LogP contribution in [0.2, 0.25) is 0 Å². The SMILES string of the molecule is COc1cc(F)c([C@@H]2CNC(=O)[C@H]2Nc2nnc(-c3ccc(OC(C)CCOc4cc(F)c([C@@H]5CNC(=O)[C@H]5Nc5nnc(-c6ccc(C(F)(F)F)nc6)s5)c(F)c4)cc3)o2)c(F)c1. The van der Waals surface area contributed by atoms with Crippen molar-refractivity contribution in [2.45, 2.75) is 49.5 Å². The molecule has 0 saturated carbocycles. The number of carbonyl (C=O) groups is 2. The van der Waals surface area contributed by atoms with E-state index < -0.39 is 77.0 Å². The third kappa shape index (κ3) is 9.33. The summed E-state index contributed by atoms with van der Waals surface area (Å²) in [5, 5.41) is 26.9. The van der Waals surface area contributed by atoms with E-state index in [0.717, 1.165) is 47.9 Å². The molecule has 0 spiro atoms. The zero-order valence-electron chi connectivity index (χ0n) is 33.3. The lowest BCUT2D eigenvalue weighted by Crippen LogP contribution is -2.33. The Morgan fingerprint density at radius 1 is 0.781 bits per heavy atom. The van der Waals surface area contributed by atoms with E-state index >= 15 is 8.78 Å². The van der Waals surface area contributed by atoms with Crippen LogP contribution >= 0.6 is 11.3 Å². The maximum atomic E-state index is 15.5. The minimum absolute atomic E-state index is 0.00498. The summed E-state index contributed by atoms with van der Waals surface area (Å²) in [6, 6.07) is 10.3. The van der Waals surface area contributed by atoms with E-state index in [4.69, 9.17) is 18.6 Å².